The number of carbonyl (C=O) groups excluding carboxylic acids is 1. The monoisotopic (exact) mass is 298 g/mol. The van der Waals surface area contributed by atoms with Crippen molar-refractivity contribution >= 4 is 5.91 Å². The first-order valence-electron chi connectivity index (χ1n) is 5.82. The van der Waals surface area contributed by atoms with E-state index in [2.05, 4.69) is 10.2 Å². The van der Waals surface area contributed by atoms with E-state index in [0.29, 0.717) is 18.8 Å². The van der Waals surface area contributed by atoms with Crippen molar-refractivity contribution in [1.82, 2.24) is 20.1 Å². The fourth-order valence-corrected chi connectivity index (χ4v) is 1.97. The topological polar surface area (TPSA) is 59.8 Å². The van der Waals surface area contributed by atoms with Crippen LogP contribution >= 0.6 is 0 Å². The van der Waals surface area contributed by atoms with Crippen LogP contribution in [0.25, 0.3) is 0 Å². The Kier molecular flexibility index (Phi) is 3.42. The van der Waals surface area contributed by atoms with Crippen LogP contribution in [0.15, 0.2) is 0 Å². The van der Waals surface area contributed by atoms with Crippen LogP contribution in [0.4, 0.5) is 22.0 Å². The van der Waals surface area contributed by atoms with Gasteiger partial charge in [0.05, 0.1) is 6.04 Å². The number of nitrogens with one attached hydrogen (secondary N) is 1. The summed E-state index contributed by atoms with van der Waals surface area (Å²) in [6.07, 6.45) is -4.48. The largest absolute Gasteiger partial charge is 0.463 e. The molecule has 1 unspecified atom stereocenters. The first kappa shape index (κ1) is 14.7. The lowest BCUT2D eigenvalue weighted by Gasteiger charge is -2.21. The molecule has 1 N–H and O–H groups in total. The maximum atomic E-state index is 12.8. The summed E-state index contributed by atoms with van der Waals surface area (Å²) in [5.41, 5.74) is 0. The summed E-state index contributed by atoms with van der Waals surface area (Å²) in [6, 6.07) is -1.09. The number of aromatic nitrogens is 3. The lowest BCUT2D eigenvalue weighted by atomic mass is 10.2. The zero-order chi connectivity index (χ0) is 15.1. The highest BCUT2D eigenvalue weighted by Gasteiger charge is 2.63. The van der Waals surface area contributed by atoms with Crippen molar-refractivity contribution in [1.29, 1.82) is 0 Å². The van der Waals surface area contributed by atoms with E-state index >= 15 is 0 Å². The maximum Gasteiger partial charge on any atom is 0.463 e. The van der Waals surface area contributed by atoms with Gasteiger partial charge in [-0.25, -0.2) is 0 Å². The Balaban J connectivity index is 2.12. The summed E-state index contributed by atoms with van der Waals surface area (Å²) >= 11 is 0. The van der Waals surface area contributed by atoms with E-state index in [1.165, 1.54) is 6.92 Å². The number of fused-ring (bicyclic) bond motifs is 1. The van der Waals surface area contributed by atoms with Gasteiger partial charge in [0.25, 0.3) is 0 Å². The molecular formula is C10H11F5N4O. The Morgan fingerprint density at radius 2 is 1.95 bits per heavy atom. The predicted molar refractivity (Wildman–Crippen MR) is 55.9 cm³/mol. The van der Waals surface area contributed by atoms with Gasteiger partial charge in [-0.3, -0.25) is 4.79 Å². The van der Waals surface area contributed by atoms with Crippen molar-refractivity contribution in [2.24, 2.45) is 0 Å². The molecule has 1 aromatic rings. The minimum atomic E-state index is -5.93. The molecule has 1 amide bonds. The molecule has 1 aliphatic rings. The molecule has 1 aliphatic heterocycles. The molecule has 5 nitrogen and oxygen atoms in total. The Morgan fingerprint density at radius 3 is 2.55 bits per heavy atom. The fourth-order valence-electron chi connectivity index (χ4n) is 1.97. The number of alkyl halides is 5. The SMILES string of the molecule is CC(NC(=O)C(F)(F)C(F)(F)F)c1nnc2n1CCC2. The summed E-state index contributed by atoms with van der Waals surface area (Å²) in [5.74, 6) is -7.03. The van der Waals surface area contributed by atoms with Gasteiger partial charge in [0.15, 0.2) is 5.82 Å². The zero-order valence-electron chi connectivity index (χ0n) is 10.3. The van der Waals surface area contributed by atoms with Gasteiger partial charge in [0.1, 0.15) is 5.82 Å². The molecule has 1 atom stereocenters. The zero-order valence-corrected chi connectivity index (χ0v) is 10.3. The predicted octanol–water partition coefficient (Wildman–Crippen LogP) is 1.60. The molecule has 0 saturated heterocycles. The van der Waals surface area contributed by atoms with E-state index in [1.807, 2.05) is 0 Å². The lowest BCUT2D eigenvalue weighted by molar-refractivity contribution is -0.270. The molecule has 0 aliphatic carbocycles. The highest BCUT2D eigenvalue weighted by atomic mass is 19.4. The number of aryl methyl sites for hydroxylation is 1. The van der Waals surface area contributed by atoms with Crippen molar-refractivity contribution in [3.8, 4) is 0 Å². The summed E-state index contributed by atoms with van der Waals surface area (Å²) in [6.45, 7) is 1.83. The summed E-state index contributed by atoms with van der Waals surface area (Å²) in [7, 11) is 0. The number of rotatable bonds is 3. The van der Waals surface area contributed by atoms with E-state index in [-0.39, 0.29) is 5.82 Å². The average molecular weight is 298 g/mol. The molecule has 0 aromatic carbocycles. The molecule has 1 aromatic heterocycles. The van der Waals surface area contributed by atoms with Crippen LogP contribution in [0.2, 0.25) is 0 Å². The number of nitrogens with zero attached hydrogens (tertiary/aromatic N) is 3. The highest BCUT2D eigenvalue weighted by molar-refractivity contribution is 5.84. The summed E-state index contributed by atoms with van der Waals surface area (Å²) in [5, 5.41) is 9.12. The van der Waals surface area contributed by atoms with Gasteiger partial charge in [-0.15, -0.1) is 10.2 Å². The molecule has 0 spiro atoms. The third-order valence-electron chi connectivity index (χ3n) is 3.01. The maximum absolute atomic E-state index is 12.8. The smallest absolute Gasteiger partial charge is 0.341 e. The average Bonchev–Trinajstić information content (AvgIpc) is 2.87. The van der Waals surface area contributed by atoms with Crippen molar-refractivity contribution in [2.45, 2.75) is 44.5 Å². The van der Waals surface area contributed by atoms with Gasteiger partial charge in [-0.05, 0) is 13.3 Å². The molecule has 2 heterocycles. The van der Waals surface area contributed by atoms with Gasteiger partial charge in [0.2, 0.25) is 0 Å². The fraction of sp³-hybridized carbons (Fsp3) is 0.700. The molecule has 10 heteroatoms. The minimum Gasteiger partial charge on any atom is -0.341 e. The first-order chi connectivity index (χ1) is 9.14. The molecule has 0 fully saturated rings. The van der Waals surface area contributed by atoms with Crippen LogP contribution in [-0.4, -0.2) is 32.8 Å². The highest BCUT2D eigenvalue weighted by Crippen LogP contribution is 2.36. The van der Waals surface area contributed by atoms with Crippen LogP contribution in [0.1, 0.15) is 31.0 Å². The summed E-state index contributed by atoms with van der Waals surface area (Å²) in [4.78, 5) is 11.1. The Labute approximate surface area is 110 Å². The quantitative estimate of drug-likeness (QED) is 0.862. The second-order valence-electron chi connectivity index (χ2n) is 4.50. The Hall–Kier alpha value is -1.74. The number of halogens is 5. The van der Waals surface area contributed by atoms with Crippen LogP contribution < -0.4 is 5.32 Å². The lowest BCUT2D eigenvalue weighted by Crippen LogP contribution is -2.51. The first-order valence-corrected chi connectivity index (χ1v) is 5.82. The van der Waals surface area contributed by atoms with E-state index < -0.39 is 24.0 Å². The Bertz CT molecular complexity index is 524. The van der Waals surface area contributed by atoms with Crippen molar-refractivity contribution < 1.29 is 26.7 Å². The molecular weight excluding hydrogens is 287 g/mol. The van der Waals surface area contributed by atoms with E-state index in [1.54, 1.807) is 9.88 Å². The second-order valence-corrected chi connectivity index (χ2v) is 4.50. The summed E-state index contributed by atoms with van der Waals surface area (Å²) < 4.78 is 63.4. The standard InChI is InChI=1S/C10H11F5N4O/c1-5(7-18-17-6-3-2-4-19(6)7)16-8(20)9(11,12)10(13,14)15/h5H,2-4H2,1H3,(H,16,20). The Morgan fingerprint density at radius 1 is 1.30 bits per heavy atom. The van der Waals surface area contributed by atoms with E-state index in [9.17, 15) is 26.7 Å². The van der Waals surface area contributed by atoms with Gasteiger partial charge in [0, 0.05) is 13.0 Å². The van der Waals surface area contributed by atoms with Crippen LogP contribution in [0, 0.1) is 0 Å². The normalized spacial score (nSPS) is 16.9. The van der Waals surface area contributed by atoms with Crippen molar-refractivity contribution in [3.63, 3.8) is 0 Å². The van der Waals surface area contributed by atoms with Gasteiger partial charge in [-0.1, -0.05) is 0 Å². The molecule has 0 radical (unpaired) electrons. The van der Waals surface area contributed by atoms with Crippen molar-refractivity contribution in [3.05, 3.63) is 11.6 Å². The molecule has 20 heavy (non-hydrogen) atoms. The third-order valence-corrected chi connectivity index (χ3v) is 3.01. The number of amides is 1. The van der Waals surface area contributed by atoms with Gasteiger partial charge >= 0.3 is 18.0 Å². The number of hydrogen-bond acceptors (Lipinski definition) is 3. The van der Waals surface area contributed by atoms with Crippen LogP contribution in [0.3, 0.4) is 0 Å². The van der Waals surface area contributed by atoms with E-state index in [0.717, 1.165) is 6.42 Å². The number of carbonyl (C=O) groups is 1. The van der Waals surface area contributed by atoms with E-state index in [4.69, 9.17) is 0 Å². The van der Waals surface area contributed by atoms with Gasteiger partial charge < -0.3 is 9.88 Å². The second kappa shape index (κ2) is 4.67. The molecule has 2 rings (SSSR count). The number of hydrogen-bond donors (Lipinski definition) is 1. The van der Waals surface area contributed by atoms with Gasteiger partial charge in [-0.2, -0.15) is 22.0 Å². The third kappa shape index (κ3) is 2.34. The molecule has 0 bridgehead atoms. The minimum absolute atomic E-state index is 0.170. The van der Waals surface area contributed by atoms with Crippen LogP contribution in [0.5, 0.6) is 0 Å². The van der Waals surface area contributed by atoms with Crippen molar-refractivity contribution in [2.75, 3.05) is 0 Å². The van der Waals surface area contributed by atoms with Crippen LogP contribution in [-0.2, 0) is 17.8 Å². The molecule has 112 valence electrons. The molecule has 0 saturated carbocycles.